The van der Waals surface area contributed by atoms with Gasteiger partial charge in [-0.15, -0.1) is 0 Å². The third kappa shape index (κ3) is 4.53. The van der Waals surface area contributed by atoms with Gasteiger partial charge in [-0.1, -0.05) is 36.4 Å². The molecule has 3 aromatic rings. The highest BCUT2D eigenvalue weighted by atomic mass is 16.5. The van der Waals surface area contributed by atoms with E-state index < -0.39 is 0 Å². The minimum atomic E-state index is -0.371. The number of nitrogens with zero attached hydrogens (tertiary/aromatic N) is 2. The number of aromatic nitrogens is 1. The van der Waals surface area contributed by atoms with E-state index in [-0.39, 0.29) is 11.5 Å². The summed E-state index contributed by atoms with van der Waals surface area (Å²) in [6.45, 7) is 3.41. The van der Waals surface area contributed by atoms with Crippen molar-refractivity contribution in [2.45, 2.75) is 44.2 Å². The number of aryl methyl sites for hydroxylation is 1. The van der Waals surface area contributed by atoms with Crippen LogP contribution in [-0.2, 0) is 29.7 Å². The molecular weight excluding hydrogens is 398 g/mol. The van der Waals surface area contributed by atoms with Crippen molar-refractivity contribution in [2.75, 3.05) is 18.4 Å². The molecule has 1 aromatic heterocycles. The molecule has 0 unspecified atom stereocenters. The van der Waals surface area contributed by atoms with Crippen molar-refractivity contribution in [2.24, 2.45) is 0 Å². The molecule has 164 valence electrons. The fraction of sp³-hybridized carbons (Fsp3) is 0.333. The molecule has 0 spiro atoms. The lowest BCUT2D eigenvalue weighted by Crippen LogP contribution is -2.42. The Bertz CT molecular complexity index is 1060. The zero-order valence-corrected chi connectivity index (χ0v) is 18.3. The molecule has 1 fully saturated rings. The van der Waals surface area contributed by atoms with E-state index >= 15 is 0 Å². The SMILES string of the molecule is O=C1Nc2ccc(CN3CCC(CCc4ccccc4)(c4ccncc4)CC3)cc2CO1. The molecule has 0 bridgehead atoms. The predicted octanol–water partition coefficient (Wildman–Crippen LogP) is 5.31. The van der Waals surface area contributed by atoms with Crippen LogP contribution in [0, 0.1) is 0 Å². The van der Waals surface area contributed by atoms with Gasteiger partial charge >= 0.3 is 6.09 Å². The molecule has 32 heavy (non-hydrogen) atoms. The van der Waals surface area contributed by atoms with Gasteiger partial charge < -0.3 is 4.74 Å². The molecule has 5 heteroatoms. The minimum absolute atomic E-state index is 0.198. The van der Waals surface area contributed by atoms with Crippen molar-refractivity contribution < 1.29 is 9.53 Å². The first kappa shape index (κ1) is 20.7. The third-order valence-corrected chi connectivity index (χ3v) is 7.01. The van der Waals surface area contributed by atoms with Crippen LogP contribution in [0.2, 0.25) is 0 Å². The van der Waals surface area contributed by atoms with Crippen LogP contribution in [0.3, 0.4) is 0 Å². The van der Waals surface area contributed by atoms with E-state index in [1.807, 2.05) is 18.5 Å². The lowest BCUT2D eigenvalue weighted by atomic mass is 9.69. The van der Waals surface area contributed by atoms with E-state index in [1.165, 1.54) is 16.7 Å². The van der Waals surface area contributed by atoms with Gasteiger partial charge in [0.25, 0.3) is 0 Å². The number of amides is 1. The summed E-state index contributed by atoms with van der Waals surface area (Å²) in [5.74, 6) is 0. The Morgan fingerprint density at radius 3 is 2.53 bits per heavy atom. The summed E-state index contributed by atoms with van der Waals surface area (Å²) in [6, 6.07) is 21.5. The average Bonchev–Trinajstić information content (AvgIpc) is 2.85. The van der Waals surface area contributed by atoms with Gasteiger partial charge in [-0.2, -0.15) is 0 Å². The highest BCUT2D eigenvalue weighted by Gasteiger charge is 2.35. The van der Waals surface area contributed by atoms with Crippen molar-refractivity contribution >= 4 is 11.8 Å². The van der Waals surface area contributed by atoms with Crippen LogP contribution in [0.4, 0.5) is 10.5 Å². The molecule has 0 aliphatic carbocycles. The Balaban J connectivity index is 1.27. The number of ether oxygens (including phenoxy) is 1. The van der Waals surface area contributed by atoms with E-state index in [2.05, 4.69) is 69.8 Å². The van der Waals surface area contributed by atoms with Crippen molar-refractivity contribution in [3.05, 3.63) is 95.3 Å². The zero-order chi connectivity index (χ0) is 21.8. The van der Waals surface area contributed by atoms with Crippen LogP contribution in [0.15, 0.2) is 73.1 Å². The molecule has 2 aliphatic rings. The van der Waals surface area contributed by atoms with Crippen molar-refractivity contribution in [3.63, 3.8) is 0 Å². The number of pyridine rings is 1. The molecule has 0 saturated carbocycles. The second kappa shape index (κ2) is 9.13. The number of anilines is 1. The average molecular weight is 428 g/mol. The molecule has 1 amide bonds. The normalized spacial score (nSPS) is 17.8. The largest absolute Gasteiger partial charge is 0.444 e. The highest BCUT2D eigenvalue weighted by Crippen LogP contribution is 2.40. The number of hydrogen-bond donors (Lipinski definition) is 1. The molecule has 2 aromatic carbocycles. The molecule has 0 atom stereocenters. The zero-order valence-electron chi connectivity index (χ0n) is 18.3. The van der Waals surface area contributed by atoms with Gasteiger partial charge in [0.15, 0.2) is 0 Å². The van der Waals surface area contributed by atoms with Gasteiger partial charge in [0, 0.05) is 24.5 Å². The van der Waals surface area contributed by atoms with Crippen molar-refractivity contribution in [1.82, 2.24) is 9.88 Å². The molecule has 1 N–H and O–H groups in total. The number of carbonyl (C=O) groups is 1. The smallest absolute Gasteiger partial charge is 0.411 e. The van der Waals surface area contributed by atoms with Gasteiger partial charge in [0.2, 0.25) is 0 Å². The third-order valence-electron chi connectivity index (χ3n) is 7.01. The van der Waals surface area contributed by atoms with Crippen molar-refractivity contribution in [1.29, 1.82) is 0 Å². The second-order valence-electron chi connectivity index (χ2n) is 8.97. The lowest BCUT2D eigenvalue weighted by Gasteiger charge is -2.42. The second-order valence-corrected chi connectivity index (χ2v) is 8.97. The number of fused-ring (bicyclic) bond motifs is 1. The van der Waals surface area contributed by atoms with Crippen LogP contribution in [0.25, 0.3) is 0 Å². The highest BCUT2D eigenvalue weighted by molar-refractivity contribution is 5.87. The Morgan fingerprint density at radius 2 is 1.75 bits per heavy atom. The lowest BCUT2D eigenvalue weighted by molar-refractivity contribution is 0.145. The number of piperidine rings is 1. The standard InChI is InChI=1S/C27H29N3O2/c31-26-29-25-7-6-22(18-23(25)20-32-26)19-30-16-12-27(13-17-30,24-9-14-28-15-10-24)11-8-21-4-2-1-3-5-21/h1-7,9-10,14-15,18H,8,11-13,16-17,19-20H2,(H,29,31). The number of cyclic esters (lactones) is 1. The summed E-state index contributed by atoms with van der Waals surface area (Å²) in [7, 11) is 0. The van der Waals surface area contributed by atoms with E-state index in [0.29, 0.717) is 6.61 Å². The van der Waals surface area contributed by atoms with Crippen LogP contribution < -0.4 is 5.32 Å². The van der Waals surface area contributed by atoms with E-state index in [4.69, 9.17) is 4.74 Å². The van der Waals surface area contributed by atoms with Gasteiger partial charge in [-0.3, -0.25) is 15.2 Å². The fourth-order valence-electron chi connectivity index (χ4n) is 5.09. The van der Waals surface area contributed by atoms with E-state index in [1.54, 1.807) is 0 Å². The van der Waals surface area contributed by atoms with E-state index in [0.717, 1.165) is 56.6 Å². The van der Waals surface area contributed by atoms with Gasteiger partial charge in [0.1, 0.15) is 6.61 Å². The topological polar surface area (TPSA) is 54.5 Å². The van der Waals surface area contributed by atoms with Gasteiger partial charge in [-0.25, -0.2) is 4.79 Å². The number of likely N-dealkylation sites (tertiary alicyclic amines) is 1. The first-order valence-corrected chi connectivity index (χ1v) is 11.4. The summed E-state index contributed by atoms with van der Waals surface area (Å²) >= 11 is 0. The van der Waals surface area contributed by atoms with Crippen LogP contribution in [0.5, 0.6) is 0 Å². The minimum Gasteiger partial charge on any atom is -0.444 e. The van der Waals surface area contributed by atoms with Crippen LogP contribution in [0.1, 0.15) is 41.5 Å². The first-order chi connectivity index (χ1) is 15.7. The summed E-state index contributed by atoms with van der Waals surface area (Å²) in [6.07, 6.45) is 8.04. The summed E-state index contributed by atoms with van der Waals surface area (Å²) in [4.78, 5) is 18.2. The number of hydrogen-bond acceptors (Lipinski definition) is 4. The Labute approximate surface area is 189 Å². The fourth-order valence-corrected chi connectivity index (χ4v) is 5.09. The maximum absolute atomic E-state index is 11.4. The summed E-state index contributed by atoms with van der Waals surface area (Å²) in [5, 5.41) is 2.77. The monoisotopic (exact) mass is 427 g/mol. The summed E-state index contributed by atoms with van der Waals surface area (Å²) in [5.41, 5.74) is 6.21. The molecule has 0 radical (unpaired) electrons. The Morgan fingerprint density at radius 1 is 0.969 bits per heavy atom. The summed E-state index contributed by atoms with van der Waals surface area (Å²) < 4.78 is 5.12. The molecular formula is C27H29N3O2. The number of rotatable bonds is 6. The van der Waals surface area contributed by atoms with E-state index in [9.17, 15) is 4.79 Å². The maximum Gasteiger partial charge on any atom is 0.411 e. The Kier molecular flexibility index (Phi) is 5.91. The maximum atomic E-state index is 11.4. The van der Waals surface area contributed by atoms with Gasteiger partial charge in [-0.05, 0) is 85.1 Å². The molecule has 2 aliphatic heterocycles. The number of nitrogens with one attached hydrogen (secondary N) is 1. The predicted molar refractivity (Wildman–Crippen MR) is 125 cm³/mol. The van der Waals surface area contributed by atoms with Crippen LogP contribution in [-0.4, -0.2) is 29.1 Å². The molecule has 5 nitrogen and oxygen atoms in total. The Hall–Kier alpha value is -3.18. The quantitative estimate of drug-likeness (QED) is 0.579. The van der Waals surface area contributed by atoms with Crippen LogP contribution >= 0.6 is 0 Å². The van der Waals surface area contributed by atoms with Crippen molar-refractivity contribution in [3.8, 4) is 0 Å². The molecule has 1 saturated heterocycles. The molecule has 3 heterocycles. The van der Waals surface area contributed by atoms with Gasteiger partial charge in [0.05, 0.1) is 5.69 Å². The number of benzene rings is 2. The molecule has 5 rings (SSSR count). The number of carbonyl (C=O) groups excluding carboxylic acids is 1. The first-order valence-electron chi connectivity index (χ1n) is 11.4.